The number of nitrogens with zero attached hydrogens (tertiary/aromatic N) is 3. The minimum Gasteiger partial charge on any atom is -0.495 e. The number of anilines is 1. The van der Waals surface area contributed by atoms with E-state index >= 15 is 0 Å². The van der Waals surface area contributed by atoms with Crippen molar-refractivity contribution in [1.82, 2.24) is 9.88 Å². The number of thiazole rings is 1. The van der Waals surface area contributed by atoms with Gasteiger partial charge in [0.1, 0.15) is 21.7 Å². The van der Waals surface area contributed by atoms with E-state index in [0.717, 1.165) is 21.1 Å². The van der Waals surface area contributed by atoms with Gasteiger partial charge in [0.2, 0.25) is 5.75 Å². The minimum absolute atomic E-state index is 0.0819. The van der Waals surface area contributed by atoms with Crippen LogP contribution in [0.2, 0.25) is 0 Å². The largest absolute Gasteiger partial charge is 0.495 e. The molecule has 0 atom stereocenters. The number of ether oxygens (including phenoxy) is 5. The van der Waals surface area contributed by atoms with Gasteiger partial charge in [-0.15, -0.1) is 0 Å². The fourth-order valence-corrected chi connectivity index (χ4v) is 5.02. The Bertz CT molecular complexity index is 1090. The number of rotatable bonds is 7. The summed E-state index contributed by atoms with van der Waals surface area (Å²) in [6.45, 7) is 2.47. The van der Waals surface area contributed by atoms with E-state index in [2.05, 4.69) is 4.90 Å². The van der Waals surface area contributed by atoms with Crippen molar-refractivity contribution in [2.24, 2.45) is 0 Å². The summed E-state index contributed by atoms with van der Waals surface area (Å²) in [7, 11) is 7.88. The molecule has 0 radical (unpaired) electrons. The molecule has 1 aliphatic rings. The van der Waals surface area contributed by atoms with Gasteiger partial charge < -0.3 is 33.5 Å². The number of carbonyl (C=O) groups is 1. The second-order valence-electron chi connectivity index (χ2n) is 7.34. The van der Waals surface area contributed by atoms with Gasteiger partial charge in [0.25, 0.3) is 5.91 Å². The van der Waals surface area contributed by atoms with E-state index in [0.29, 0.717) is 54.7 Å². The van der Waals surface area contributed by atoms with Gasteiger partial charge in [0.15, 0.2) is 16.6 Å². The van der Waals surface area contributed by atoms with E-state index in [-0.39, 0.29) is 5.91 Å². The molecule has 10 heteroatoms. The predicted octanol–water partition coefficient (Wildman–Crippen LogP) is 3.30. The SMILES string of the molecule is COc1cc(C(=O)N2CCN(c3nc4c(OC)ccc(OC)c4s3)CC2)cc(OC)c1OC. The van der Waals surface area contributed by atoms with Gasteiger partial charge in [-0.2, -0.15) is 0 Å². The molecule has 1 aromatic heterocycles. The third-order valence-electron chi connectivity index (χ3n) is 5.65. The molecule has 0 aliphatic carbocycles. The quantitative estimate of drug-likeness (QED) is 0.517. The monoisotopic (exact) mass is 473 g/mol. The number of methoxy groups -OCH3 is 5. The lowest BCUT2D eigenvalue weighted by Crippen LogP contribution is -2.48. The number of fused-ring (bicyclic) bond motifs is 1. The van der Waals surface area contributed by atoms with Gasteiger partial charge in [-0.1, -0.05) is 11.3 Å². The summed E-state index contributed by atoms with van der Waals surface area (Å²) in [5, 5.41) is 0.882. The van der Waals surface area contributed by atoms with Crippen LogP contribution in [0.4, 0.5) is 5.13 Å². The van der Waals surface area contributed by atoms with E-state index in [9.17, 15) is 4.79 Å². The molecule has 2 heterocycles. The molecule has 4 rings (SSSR count). The molecule has 2 aromatic carbocycles. The Balaban J connectivity index is 1.52. The Hall–Kier alpha value is -3.40. The Morgan fingerprint density at radius 3 is 1.94 bits per heavy atom. The Kier molecular flexibility index (Phi) is 6.64. The third kappa shape index (κ3) is 4.18. The molecule has 176 valence electrons. The zero-order valence-corrected chi connectivity index (χ0v) is 20.2. The first-order valence-electron chi connectivity index (χ1n) is 10.4. The lowest BCUT2D eigenvalue weighted by Gasteiger charge is -2.34. The van der Waals surface area contributed by atoms with Crippen molar-refractivity contribution in [2.45, 2.75) is 0 Å². The first-order valence-corrected chi connectivity index (χ1v) is 11.2. The van der Waals surface area contributed by atoms with Crippen molar-refractivity contribution in [3.63, 3.8) is 0 Å². The average molecular weight is 474 g/mol. The van der Waals surface area contributed by atoms with Gasteiger partial charge in [-0.3, -0.25) is 4.79 Å². The number of hydrogen-bond acceptors (Lipinski definition) is 9. The lowest BCUT2D eigenvalue weighted by molar-refractivity contribution is 0.0746. The normalized spacial score (nSPS) is 13.7. The number of benzene rings is 2. The Morgan fingerprint density at radius 1 is 0.818 bits per heavy atom. The maximum Gasteiger partial charge on any atom is 0.254 e. The van der Waals surface area contributed by atoms with Gasteiger partial charge in [0, 0.05) is 31.7 Å². The number of carbonyl (C=O) groups excluding carboxylic acids is 1. The van der Waals surface area contributed by atoms with E-state index in [1.54, 1.807) is 37.7 Å². The number of aromatic nitrogens is 1. The summed E-state index contributed by atoms with van der Waals surface area (Å²) in [6.07, 6.45) is 0. The summed E-state index contributed by atoms with van der Waals surface area (Å²) in [6, 6.07) is 7.11. The van der Waals surface area contributed by atoms with Crippen molar-refractivity contribution in [2.75, 3.05) is 66.6 Å². The van der Waals surface area contributed by atoms with Crippen LogP contribution >= 0.6 is 11.3 Å². The standard InChI is InChI=1S/C23H27N3O6S/c1-28-15-6-7-16(29-2)21-19(15)24-23(33-21)26-10-8-25(9-11-26)22(27)14-12-17(30-3)20(32-5)18(13-14)31-4/h6-7,12-13H,8-11H2,1-5H3. The van der Waals surface area contributed by atoms with Gasteiger partial charge >= 0.3 is 0 Å². The van der Waals surface area contributed by atoms with Crippen LogP contribution in [-0.4, -0.2) is 77.5 Å². The fraction of sp³-hybridized carbons (Fsp3) is 0.391. The van der Waals surface area contributed by atoms with Crippen molar-refractivity contribution in [3.8, 4) is 28.7 Å². The van der Waals surface area contributed by atoms with E-state index in [4.69, 9.17) is 28.7 Å². The number of amides is 1. The lowest BCUT2D eigenvalue weighted by atomic mass is 10.1. The maximum absolute atomic E-state index is 13.2. The molecule has 0 N–H and O–H groups in total. The molecule has 1 aliphatic heterocycles. The van der Waals surface area contributed by atoms with Crippen molar-refractivity contribution in [3.05, 3.63) is 29.8 Å². The zero-order chi connectivity index (χ0) is 23.5. The van der Waals surface area contributed by atoms with Crippen LogP contribution in [0.25, 0.3) is 10.2 Å². The molecule has 0 spiro atoms. The minimum atomic E-state index is -0.0819. The highest BCUT2D eigenvalue weighted by Gasteiger charge is 2.27. The van der Waals surface area contributed by atoms with Crippen LogP contribution in [0, 0.1) is 0 Å². The fourth-order valence-electron chi connectivity index (χ4n) is 3.90. The first-order chi connectivity index (χ1) is 16.0. The zero-order valence-electron chi connectivity index (χ0n) is 19.3. The first kappa shape index (κ1) is 22.8. The molecule has 0 bridgehead atoms. The van der Waals surface area contributed by atoms with Crippen LogP contribution in [-0.2, 0) is 0 Å². The van der Waals surface area contributed by atoms with E-state index in [1.807, 2.05) is 17.0 Å². The predicted molar refractivity (Wildman–Crippen MR) is 127 cm³/mol. The van der Waals surface area contributed by atoms with E-state index < -0.39 is 0 Å². The summed E-state index contributed by atoms with van der Waals surface area (Å²) in [5.41, 5.74) is 1.28. The molecule has 3 aromatic rings. The molecular weight excluding hydrogens is 446 g/mol. The number of piperazine rings is 1. The van der Waals surface area contributed by atoms with Crippen LogP contribution < -0.4 is 28.6 Å². The molecule has 9 nitrogen and oxygen atoms in total. The second kappa shape index (κ2) is 9.62. The highest BCUT2D eigenvalue weighted by atomic mass is 32.1. The molecule has 1 saturated heterocycles. The summed E-state index contributed by atoms with van der Waals surface area (Å²) in [4.78, 5) is 22.0. The van der Waals surface area contributed by atoms with E-state index in [1.165, 1.54) is 21.3 Å². The highest BCUT2D eigenvalue weighted by Crippen LogP contribution is 2.41. The summed E-state index contributed by atoms with van der Waals surface area (Å²) in [5.74, 6) is 2.77. The van der Waals surface area contributed by atoms with Gasteiger partial charge in [-0.05, 0) is 24.3 Å². The van der Waals surface area contributed by atoms with Crippen molar-refractivity contribution >= 4 is 32.6 Å². The molecule has 33 heavy (non-hydrogen) atoms. The van der Waals surface area contributed by atoms with Crippen LogP contribution in [0.15, 0.2) is 24.3 Å². The van der Waals surface area contributed by atoms with Crippen LogP contribution in [0.3, 0.4) is 0 Å². The summed E-state index contributed by atoms with van der Waals surface area (Å²) < 4.78 is 28.0. The molecule has 0 saturated carbocycles. The summed E-state index contributed by atoms with van der Waals surface area (Å²) >= 11 is 1.56. The molecule has 1 amide bonds. The smallest absolute Gasteiger partial charge is 0.254 e. The maximum atomic E-state index is 13.2. The van der Waals surface area contributed by atoms with Crippen LogP contribution in [0.5, 0.6) is 28.7 Å². The van der Waals surface area contributed by atoms with Crippen molar-refractivity contribution < 1.29 is 28.5 Å². The van der Waals surface area contributed by atoms with Gasteiger partial charge in [-0.25, -0.2) is 4.98 Å². The number of hydrogen-bond donors (Lipinski definition) is 0. The Labute approximate surface area is 196 Å². The molecular formula is C23H27N3O6S. The highest BCUT2D eigenvalue weighted by molar-refractivity contribution is 7.22. The third-order valence-corrected chi connectivity index (χ3v) is 6.78. The van der Waals surface area contributed by atoms with Gasteiger partial charge in [0.05, 0.1) is 35.5 Å². The van der Waals surface area contributed by atoms with Crippen LogP contribution in [0.1, 0.15) is 10.4 Å². The topological polar surface area (TPSA) is 82.6 Å². The average Bonchev–Trinajstić information content (AvgIpc) is 3.32. The Morgan fingerprint density at radius 2 is 1.39 bits per heavy atom. The second-order valence-corrected chi connectivity index (χ2v) is 8.32. The molecule has 1 fully saturated rings. The molecule has 0 unspecified atom stereocenters. The van der Waals surface area contributed by atoms with Crippen molar-refractivity contribution in [1.29, 1.82) is 0 Å².